The molecule has 0 aliphatic carbocycles. The van der Waals surface area contributed by atoms with Crippen molar-refractivity contribution < 1.29 is 9.90 Å². The second-order valence-electron chi connectivity index (χ2n) is 7.03. The SMILES string of the molecule is O=C(O)N1CCC(Nc2ncc(Cl)c(-c3cccc(-c4ccccc4)c3)n2)CC1. The van der Waals surface area contributed by atoms with Gasteiger partial charge in [0.25, 0.3) is 0 Å². The van der Waals surface area contributed by atoms with Gasteiger partial charge >= 0.3 is 6.09 Å². The van der Waals surface area contributed by atoms with Crippen LogP contribution in [0, 0.1) is 0 Å². The first kappa shape index (κ1) is 19.2. The van der Waals surface area contributed by atoms with Crippen LogP contribution in [0.4, 0.5) is 10.7 Å². The van der Waals surface area contributed by atoms with Crippen molar-refractivity contribution in [2.45, 2.75) is 18.9 Å². The van der Waals surface area contributed by atoms with Crippen LogP contribution in [-0.2, 0) is 0 Å². The van der Waals surface area contributed by atoms with Crippen molar-refractivity contribution in [3.05, 3.63) is 65.8 Å². The van der Waals surface area contributed by atoms with E-state index in [2.05, 4.69) is 39.6 Å². The van der Waals surface area contributed by atoms with E-state index in [0.717, 1.165) is 29.5 Å². The predicted octanol–water partition coefficient (Wildman–Crippen LogP) is 5.02. The highest BCUT2D eigenvalue weighted by Gasteiger charge is 2.23. The molecule has 0 unspecified atom stereocenters. The number of rotatable bonds is 4. The second kappa shape index (κ2) is 8.49. The lowest BCUT2D eigenvalue weighted by molar-refractivity contribution is 0.133. The van der Waals surface area contributed by atoms with Gasteiger partial charge in [0.1, 0.15) is 0 Å². The number of nitrogens with zero attached hydrogens (tertiary/aromatic N) is 3. The number of carbonyl (C=O) groups is 1. The third-order valence-corrected chi connectivity index (χ3v) is 5.36. The van der Waals surface area contributed by atoms with Gasteiger partial charge in [-0.3, -0.25) is 0 Å². The van der Waals surface area contributed by atoms with E-state index in [-0.39, 0.29) is 6.04 Å². The van der Waals surface area contributed by atoms with Crippen LogP contribution in [0.5, 0.6) is 0 Å². The van der Waals surface area contributed by atoms with Crippen LogP contribution in [-0.4, -0.2) is 45.2 Å². The lowest BCUT2D eigenvalue weighted by Gasteiger charge is -2.30. The Morgan fingerprint density at radius 1 is 1.03 bits per heavy atom. The highest BCUT2D eigenvalue weighted by molar-refractivity contribution is 6.32. The lowest BCUT2D eigenvalue weighted by Crippen LogP contribution is -2.41. The van der Waals surface area contributed by atoms with Crippen molar-refractivity contribution in [1.82, 2.24) is 14.9 Å². The molecule has 7 heteroatoms. The first-order valence-corrected chi connectivity index (χ1v) is 9.91. The van der Waals surface area contributed by atoms with Crippen molar-refractivity contribution in [2.24, 2.45) is 0 Å². The van der Waals surface area contributed by atoms with E-state index in [1.807, 2.05) is 30.3 Å². The molecule has 1 aliphatic rings. The first-order chi connectivity index (χ1) is 14.1. The quantitative estimate of drug-likeness (QED) is 0.633. The van der Waals surface area contributed by atoms with E-state index in [9.17, 15) is 4.79 Å². The molecule has 0 saturated carbocycles. The lowest BCUT2D eigenvalue weighted by atomic mass is 10.0. The van der Waals surface area contributed by atoms with Gasteiger partial charge in [-0.2, -0.15) is 0 Å². The zero-order valence-corrected chi connectivity index (χ0v) is 16.5. The minimum atomic E-state index is -0.869. The molecule has 0 atom stereocenters. The van der Waals surface area contributed by atoms with Gasteiger partial charge in [-0.05, 0) is 30.0 Å². The predicted molar refractivity (Wildman–Crippen MR) is 114 cm³/mol. The molecule has 148 valence electrons. The van der Waals surface area contributed by atoms with Crippen LogP contribution in [0.1, 0.15) is 12.8 Å². The minimum Gasteiger partial charge on any atom is -0.465 e. The Morgan fingerprint density at radius 2 is 1.72 bits per heavy atom. The number of likely N-dealkylation sites (tertiary alicyclic amines) is 1. The van der Waals surface area contributed by atoms with Crippen LogP contribution in [0.15, 0.2) is 60.8 Å². The smallest absolute Gasteiger partial charge is 0.407 e. The average Bonchev–Trinajstić information content (AvgIpc) is 2.76. The molecule has 2 N–H and O–H groups in total. The molecule has 1 aromatic heterocycles. The Bertz CT molecular complexity index is 1000. The number of anilines is 1. The van der Waals surface area contributed by atoms with E-state index in [0.29, 0.717) is 29.8 Å². The number of benzene rings is 2. The van der Waals surface area contributed by atoms with E-state index >= 15 is 0 Å². The highest BCUT2D eigenvalue weighted by Crippen LogP contribution is 2.30. The summed E-state index contributed by atoms with van der Waals surface area (Å²) in [6.45, 7) is 1.01. The maximum absolute atomic E-state index is 11.1. The van der Waals surface area contributed by atoms with Gasteiger partial charge < -0.3 is 15.3 Å². The summed E-state index contributed by atoms with van der Waals surface area (Å²) in [5.41, 5.74) is 3.81. The van der Waals surface area contributed by atoms with Crippen LogP contribution < -0.4 is 5.32 Å². The van der Waals surface area contributed by atoms with Crippen LogP contribution in [0.3, 0.4) is 0 Å². The molecule has 1 fully saturated rings. The minimum absolute atomic E-state index is 0.135. The van der Waals surface area contributed by atoms with E-state index < -0.39 is 6.09 Å². The molecule has 3 aromatic rings. The topological polar surface area (TPSA) is 78.4 Å². The van der Waals surface area contributed by atoms with Gasteiger partial charge in [-0.25, -0.2) is 14.8 Å². The van der Waals surface area contributed by atoms with Crippen molar-refractivity contribution in [3.63, 3.8) is 0 Å². The molecule has 6 nitrogen and oxygen atoms in total. The van der Waals surface area contributed by atoms with Crippen LogP contribution in [0.2, 0.25) is 5.02 Å². The van der Waals surface area contributed by atoms with E-state index in [4.69, 9.17) is 16.7 Å². The number of aromatic nitrogens is 2. The third kappa shape index (κ3) is 4.49. The number of carboxylic acid groups (broad SMARTS) is 1. The molecule has 1 saturated heterocycles. The fourth-order valence-electron chi connectivity index (χ4n) is 3.51. The molecule has 2 heterocycles. The van der Waals surface area contributed by atoms with Gasteiger partial charge in [0.2, 0.25) is 5.95 Å². The third-order valence-electron chi connectivity index (χ3n) is 5.09. The molecule has 1 aliphatic heterocycles. The fraction of sp³-hybridized carbons (Fsp3) is 0.227. The highest BCUT2D eigenvalue weighted by atomic mass is 35.5. The summed E-state index contributed by atoms with van der Waals surface area (Å²) in [5.74, 6) is 0.503. The molecule has 2 aromatic carbocycles. The van der Waals surface area contributed by atoms with Gasteiger partial charge in [0.05, 0.1) is 16.9 Å². The van der Waals surface area contributed by atoms with Gasteiger partial charge in [0, 0.05) is 24.7 Å². The number of amides is 1. The van der Waals surface area contributed by atoms with Gasteiger partial charge in [0.15, 0.2) is 0 Å². The standard InChI is InChI=1S/C22H21ClN4O2/c23-19-14-24-21(25-18-9-11-27(12-10-18)22(28)29)26-20(19)17-8-4-7-16(13-17)15-5-2-1-3-6-15/h1-8,13-14,18H,9-12H2,(H,28,29)(H,24,25,26). The first-order valence-electron chi connectivity index (χ1n) is 9.53. The molecule has 1 amide bonds. The summed E-state index contributed by atoms with van der Waals surface area (Å²) in [5, 5.41) is 12.9. The number of halogens is 1. The van der Waals surface area contributed by atoms with Crippen LogP contribution in [0.25, 0.3) is 22.4 Å². The molecule has 29 heavy (non-hydrogen) atoms. The zero-order chi connectivity index (χ0) is 20.2. The monoisotopic (exact) mass is 408 g/mol. The summed E-state index contributed by atoms with van der Waals surface area (Å²) >= 11 is 6.40. The second-order valence-corrected chi connectivity index (χ2v) is 7.43. The summed E-state index contributed by atoms with van der Waals surface area (Å²) in [7, 11) is 0. The van der Waals surface area contributed by atoms with Gasteiger partial charge in [-0.15, -0.1) is 0 Å². The zero-order valence-electron chi connectivity index (χ0n) is 15.8. The van der Waals surface area contributed by atoms with Crippen molar-refractivity contribution in [2.75, 3.05) is 18.4 Å². The Kier molecular flexibility index (Phi) is 5.62. The summed E-state index contributed by atoms with van der Waals surface area (Å²) in [4.78, 5) is 21.4. The average molecular weight is 409 g/mol. The number of nitrogens with one attached hydrogen (secondary N) is 1. The Balaban J connectivity index is 1.54. The summed E-state index contributed by atoms with van der Waals surface area (Å²) < 4.78 is 0. The van der Waals surface area contributed by atoms with E-state index in [1.54, 1.807) is 6.20 Å². The van der Waals surface area contributed by atoms with Crippen molar-refractivity contribution in [3.8, 4) is 22.4 Å². The molecule has 0 bridgehead atoms. The van der Waals surface area contributed by atoms with Crippen LogP contribution >= 0.6 is 11.6 Å². The number of piperidine rings is 1. The molecular weight excluding hydrogens is 388 g/mol. The maximum Gasteiger partial charge on any atom is 0.407 e. The number of hydrogen-bond donors (Lipinski definition) is 2. The van der Waals surface area contributed by atoms with Crippen molar-refractivity contribution in [1.29, 1.82) is 0 Å². The van der Waals surface area contributed by atoms with E-state index in [1.165, 1.54) is 4.90 Å². The Hall–Kier alpha value is -3.12. The largest absolute Gasteiger partial charge is 0.465 e. The molecular formula is C22H21ClN4O2. The van der Waals surface area contributed by atoms with Crippen molar-refractivity contribution >= 4 is 23.6 Å². The normalized spacial score (nSPS) is 14.6. The fourth-order valence-corrected chi connectivity index (χ4v) is 3.71. The Morgan fingerprint density at radius 3 is 2.45 bits per heavy atom. The molecule has 0 spiro atoms. The number of hydrogen-bond acceptors (Lipinski definition) is 4. The summed E-state index contributed by atoms with van der Waals surface area (Å²) in [6.07, 6.45) is 2.17. The molecule has 0 radical (unpaired) electrons. The molecule has 4 rings (SSSR count). The Labute approximate surface area is 174 Å². The van der Waals surface area contributed by atoms with Gasteiger partial charge in [-0.1, -0.05) is 60.1 Å². The maximum atomic E-state index is 11.1. The summed E-state index contributed by atoms with van der Waals surface area (Å²) in [6, 6.07) is 18.4.